The van der Waals surface area contributed by atoms with Gasteiger partial charge in [0, 0.05) is 21.6 Å². The smallest absolute Gasteiger partial charge is 0.133 e. The lowest BCUT2D eigenvalue weighted by Crippen LogP contribution is -2.07. The molecule has 2 rings (SSSR count). The van der Waals surface area contributed by atoms with Crippen molar-refractivity contribution in [3.8, 4) is 11.5 Å². The Kier molecular flexibility index (Phi) is 5.08. The third kappa shape index (κ3) is 3.35. The van der Waals surface area contributed by atoms with Gasteiger partial charge in [-0.2, -0.15) is 0 Å². The second-order valence-electron chi connectivity index (χ2n) is 4.72. The van der Waals surface area contributed by atoms with Crippen LogP contribution in [0.25, 0.3) is 0 Å². The number of hydrogen-bond acceptors (Lipinski definition) is 2. The van der Waals surface area contributed by atoms with Crippen LogP contribution in [-0.2, 0) is 6.54 Å². The van der Waals surface area contributed by atoms with E-state index in [1.807, 2.05) is 37.4 Å². The van der Waals surface area contributed by atoms with Crippen LogP contribution in [0.4, 0.5) is 0 Å². The molecule has 0 saturated carbocycles. The van der Waals surface area contributed by atoms with Crippen LogP contribution in [0.2, 0.25) is 5.02 Å². The minimum Gasteiger partial charge on any atom is -0.457 e. The van der Waals surface area contributed by atoms with E-state index in [2.05, 4.69) is 35.1 Å². The molecule has 0 atom stereocenters. The number of aryl methyl sites for hydroxylation is 2. The third-order valence-electron chi connectivity index (χ3n) is 3.07. The van der Waals surface area contributed by atoms with Gasteiger partial charge in [-0.05, 0) is 56.3 Å². The first-order chi connectivity index (χ1) is 9.52. The summed E-state index contributed by atoms with van der Waals surface area (Å²) in [5, 5.41) is 3.82. The van der Waals surface area contributed by atoms with Crippen LogP contribution in [-0.4, -0.2) is 7.05 Å². The highest BCUT2D eigenvalue weighted by Crippen LogP contribution is 2.33. The average Bonchev–Trinajstić information content (AvgIpc) is 2.40. The molecule has 0 amide bonds. The summed E-state index contributed by atoms with van der Waals surface area (Å²) < 4.78 is 7.13. The third-order valence-corrected chi connectivity index (χ3v) is 4.67. The fraction of sp³-hybridized carbons (Fsp3) is 0.250. The van der Waals surface area contributed by atoms with Crippen molar-refractivity contribution in [2.24, 2.45) is 0 Å². The Labute approximate surface area is 133 Å². The molecule has 4 heteroatoms. The van der Waals surface area contributed by atoms with Gasteiger partial charge in [-0.15, -0.1) is 0 Å². The van der Waals surface area contributed by atoms with Gasteiger partial charge in [0.1, 0.15) is 11.5 Å². The zero-order chi connectivity index (χ0) is 14.7. The monoisotopic (exact) mass is 353 g/mol. The first-order valence-electron chi connectivity index (χ1n) is 6.39. The summed E-state index contributed by atoms with van der Waals surface area (Å²) in [5.74, 6) is 1.61. The molecule has 0 spiro atoms. The molecule has 0 aliphatic rings. The molecule has 0 bridgehead atoms. The quantitative estimate of drug-likeness (QED) is 0.811. The maximum Gasteiger partial charge on any atom is 0.133 e. The second kappa shape index (κ2) is 6.61. The zero-order valence-electron chi connectivity index (χ0n) is 11.8. The Morgan fingerprint density at radius 3 is 2.45 bits per heavy atom. The summed E-state index contributed by atoms with van der Waals surface area (Å²) in [6.45, 7) is 4.77. The van der Waals surface area contributed by atoms with Crippen molar-refractivity contribution in [1.29, 1.82) is 0 Å². The molecule has 0 saturated heterocycles. The van der Waals surface area contributed by atoms with Gasteiger partial charge in [0.15, 0.2) is 0 Å². The van der Waals surface area contributed by atoms with Crippen molar-refractivity contribution < 1.29 is 4.74 Å². The predicted molar refractivity (Wildman–Crippen MR) is 87.9 cm³/mol. The molecule has 0 radical (unpaired) electrons. The van der Waals surface area contributed by atoms with Gasteiger partial charge in [-0.3, -0.25) is 0 Å². The highest BCUT2D eigenvalue weighted by Gasteiger charge is 2.10. The summed E-state index contributed by atoms with van der Waals surface area (Å²) in [6.07, 6.45) is 0. The highest BCUT2D eigenvalue weighted by molar-refractivity contribution is 9.10. The van der Waals surface area contributed by atoms with Gasteiger partial charge < -0.3 is 10.1 Å². The molecule has 1 N–H and O–H groups in total. The van der Waals surface area contributed by atoms with E-state index in [0.29, 0.717) is 11.6 Å². The number of benzene rings is 2. The van der Waals surface area contributed by atoms with E-state index in [1.165, 1.54) is 0 Å². The molecule has 2 aromatic rings. The van der Waals surface area contributed by atoms with Crippen molar-refractivity contribution in [3.05, 3.63) is 56.5 Å². The molecule has 0 fully saturated rings. The Bertz CT molecular complexity index is 605. The van der Waals surface area contributed by atoms with E-state index in [0.717, 1.165) is 32.7 Å². The van der Waals surface area contributed by atoms with Crippen molar-refractivity contribution in [3.63, 3.8) is 0 Å². The van der Waals surface area contributed by atoms with Crippen LogP contribution in [0.1, 0.15) is 16.7 Å². The van der Waals surface area contributed by atoms with E-state index in [4.69, 9.17) is 16.3 Å². The minimum absolute atomic E-state index is 0.670. The number of hydrogen-bond donors (Lipinski definition) is 1. The van der Waals surface area contributed by atoms with Gasteiger partial charge in [0.2, 0.25) is 0 Å². The van der Waals surface area contributed by atoms with E-state index in [-0.39, 0.29) is 0 Å². The number of rotatable bonds is 4. The number of ether oxygens (including phenoxy) is 1. The lowest BCUT2D eigenvalue weighted by molar-refractivity contribution is 0.473. The Morgan fingerprint density at radius 2 is 1.85 bits per heavy atom. The van der Waals surface area contributed by atoms with E-state index in [1.54, 1.807) is 0 Å². The molecule has 0 aromatic heterocycles. The topological polar surface area (TPSA) is 21.3 Å². The zero-order valence-corrected chi connectivity index (χ0v) is 14.1. The molecule has 0 unspecified atom stereocenters. The first-order valence-corrected chi connectivity index (χ1v) is 7.56. The summed E-state index contributed by atoms with van der Waals surface area (Å²) in [5.41, 5.74) is 3.27. The lowest BCUT2D eigenvalue weighted by atomic mass is 10.1. The highest BCUT2D eigenvalue weighted by atomic mass is 79.9. The van der Waals surface area contributed by atoms with Crippen LogP contribution >= 0.6 is 27.5 Å². The number of nitrogens with one attached hydrogen (secondary N) is 1. The Morgan fingerprint density at radius 1 is 1.20 bits per heavy atom. The summed E-state index contributed by atoms with van der Waals surface area (Å²) in [7, 11) is 1.89. The molecule has 0 aliphatic heterocycles. The first kappa shape index (κ1) is 15.4. The number of halogens is 2. The molecule has 0 aliphatic carbocycles. The van der Waals surface area contributed by atoms with Crippen LogP contribution in [0.5, 0.6) is 11.5 Å². The van der Waals surface area contributed by atoms with Gasteiger partial charge in [-0.1, -0.05) is 33.6 Å². The normalized spacial score (nSPS) is 10.7. The fourth-order valence-corrected chi connectivity index (χ4v) is 2.54. The summed E-state index contributed by atoms with van der Waals surface area (Å²) in [6, 6.07) is 9.74. The molecule has 2 nitrogen and oxygen atoms in total. The molecule has 0 heterocycles. The van der Waals surface area contributed by atoms with Gasteiger partial charge in [0.25, 0.3) is 0 Å². The molecular weight excluding hydrogens is 338 g/mol. The van der Waals surface area contributed by atoms with Crippen molar-refractivity contribution in [1.82, 2.24) is 5.32 Å². The maximum absolute atomic E-state index is 6.23. The summed E-state index contributed by atoms with van der Waals surface area (Å²) in [4.78, 5) is 0. The molecule has 106 valence electrons. The SMILES string of the molecule is CNCc1c(Cl)cccc1Oc1cc(C)c(Br)c(C)c1. The van der Waals surface area contributed by atoms with Crippen LogP contribution in [0.15, 0.2) is 34.8 Å². The van der Waals surface area contributed by atoms with E-state index < -0.39 is 0 Å². The summed E-state index contributed by atoms with van der Waals surface area (Å²) >= 11 is 9.80. The lowest BCUT2D eigenvalue weighted by Gasteiger charge is -2.14. The molecule has 20 heavy (non-hydrogen) atoms. The van der Waals surface area contributed by atoms with Gasteiger partial charge >= 0.3 is 0 Å². The van der Waals surface area contributed by atoms with Gasteiger partial charge in [0.05, 0.1) is 0 Å². The largest absolute Gasteiger partial charge is 0.457 e. The molecular formula is C16H17BrClNO. The fourth-order valence-electron chi connectivity index (χ4n) is 2.07. The second-order valence-corrected chi connectivity index (χ2v) is 5.92. The van der Waals surface area contributed by atoms with Crippen LogP contribution < -0.4 is 10.1 Å². The van der Waals surface area contributed by atoms with E-state index >= 15 is 0 Å². The standard InChI is InChI=1S/C16H17BrClNO/c1-10-7-12(8-11(2)16(10)17)20-15-6-4-5-14(18)13(15)9-19-3/h4-8,19H,9H2,1-3H3. The minimum atomic E-state index is 0.670. The van der Waals surface area contributed by atoms with Crippen molar-refractivity contribution in [2.45, 2.75) is 20.4 Å². The maximum atomic E-state index is 6.23. The van der Waals surface area contributed by atoms with Crippen LogP contribution in [0.3, 0.4) is 0 Å². The Hall–Kier alpha value is -1.03. The molecule has 2 aromatic carbocycles. The van der Waals surface area contributed by atoms with Crippen molar-refractivity contribution in [2.75, 3.05) is 7.05 Å². The van der Waals surface area contributed by atoms with E-state index in [9.17, 15) is 0 Å². The Balaban J connectivity index is 2.37. The van der Waals surface area contributed by atoms with Gasteiger partial charge in [-0.25, -0.2) is 0 Å². The van der Waals surface area contributed by atoms with Crippen molar-refractivity contribution >= 4 is 27.5 Å². The predicted octanol–water partition coefficient (Wildman–Crippen LogP) is 5.23. The average molecular weight is 355 g/mol. The van der Waals surface area contributed by atoms with Crippen LogP contribution in [0, 0.1) is 13.8 Å².